The maximum absolute atomic E-state index is 11.1. The molecule has 0 spiro atoms. The Kier molecular flexibility index (Phi) is 5.23. The quantitative estimate of drug-likeness (QED) is 0.563. The molecule has 0 radical (unpaired) electrons. The zero-order valence-corrected chi connectivity index (χ0v) is 9.20. The van der Waals surface area contributed by atoms with Gasteiger partial charge in [0.1, 0.15) is 0 Å². The van der Waals surface area contributed by atoms with E-state index in [-0.39, 0.29) is 6.54 Å². The van der Waals surface area contributed by atoms with E-state index in [4.69, 9.17) is 5.11 Å². The van der Waals surface area contributed by atoms with Crippen LogP contribution in [0.3, 0.4) is 0 Å². The third kappa shape index (κ3) is 6.02. The second-order valence-corrected chi connectivity index (χ2v) is 4.73. The first kappa shape index (κ1) is 13.8. The molecular weight excluding hydrogens is 226 g/mol. The standard InChI is InChI=1S/C7H13NO6S/c1-5(7(10)11)3-8-15(12,13)4-6(9)14-2/h5,8H,3-4H2,1-2H3,(H,10,11). The Morgan fingerprint density at radius 3 is 2.40 bits per heavy atom. The Balaban J connectivity index is 4.17. The largest absolute Gasteiger partial charge is 0.481 e. The highest BCUT2D eigenvalue weighted by Gasteiger charge is 2.19. The van der Waals surface area contributed by atoms with Crippen molar-refractivity contribution >= 4 is 22.0 Å². The molecule has 0 rings (SSSR count). The van der Waals surface area contributed by atoms with Crippen molar-refractivity contribution in [1.82, 2.24) is 4.72 Å². The second kappa shape index (κ2) is 5.66. The normalized spacial score (nSPS) is 13.2. The molecule has 0 bridgehead atoms. The van der Waals surface area contributed by atoms with Crippen LogP contribution in [0.4, 0.5) is 0 Å². The molecule has 0 saturated heterocycles. The van der Waals surface area contributed by atoms with Crippen LogP contribution in [0.15, 0.2) is 0 Å². The summed E-state index contributed by atoms with van der Waals surface area (Å²) in [4.78, 5) is 21.0. The Hall–Kier alpha value is -1.15. The highest BCUT2D eigenvalue weighted by atomic mass is 32.2. The number of nitrogens with one attached hydrogen (secondary N) is 1. The number of rotatable bonds is 6. The fourth-order valence-corrected chi connectivity index (χ4v) is 1.64. The van der Waals surface area contributed by atoms with Crippen molar-refractivity contribution in [1.29, 1.82) is 0 Å². The average molecular weight is 239 g/mol. The van der Waals surface area contributed by atoms with Gasteiger partial charge in [0.15, 0.2) is 5.75 Å². The Labute approximate surface area is 87.5 Å². The first-order valence-electron chi connectivity index (χ1n) is 4.05. The molecular formula is C7H13NO6S. The lowest BCUT2D eigenvalue weighted by atomic mass is 10.2. The van der Waals surface area contributed by atoms with Gasteiger partial charge in [0.05, 0.1) is 13.0 Å². The average Bonchev–Trinajstić information content (AvgIpc) is 2.13. The van der Waals surface area contributed by atoms with Crippen LogP contribution in [0.25, 0.3) is 0 Å². The van der Waals surface area contributed by atoms with Gasteiger partial charge in [0, 0.05) is 6.54 Å². The summed E-state index contributed by atoms with van der Waals surface area (Å²) in [5.41, 5.74) is 0. The topological polar surface area (TPSA) is 110 Å². The molecule has 0 aliphatic rings. The molecule has 0 amide bonds. The first-order chi connectivity index (χ1) is 6.78. The molecule has 0 aliphatic heterocycles. The third-order valence-electron chi connectivity index (χ3n) is 1.57. The van der Waals surface area contributed by atoms with Crippen LogP contribution < -0.4 is 4.72 Å². The lowest BCUT2D eigenvalue weighted by molar-refractivity contribution is -0.140. The fraction of sp³-hybridized carbons (Fsp3) is 0.714. The number of methoxy groups -OCH3 is 1. The van der Waals surface area contributed by atoms with E-state index < -0.39 is 33.6 Å². The van der Waals surface area contributed by atoms with Crippen LogP contribution in [-0.2, 0) is 24.3 Å². The number of carbonyl (C=O) groups excluding carboxylic acids is 1. The van der Waals surface area contributed by atoms with Crippen LogP contribution in [0, 0.1) is 5.92 Å². The number of hydrogen-bond donors (Lipinski definition) is 2. The molecule has 0 aromatic heterocycles. The molecule has 0 saturated carbocycles. The summed E-state index contributed by atoms with van der Waals surface area (Å²) in [6.45, 7) is 1.09. The van der Waals surface area contributed by atoms with E-state index in [0.29, 0.717) is 0 Å². The number of carboxylic acid groups (broad SMARTS) is 1. The molecule has 88 valence electrons. The second-order valence-electron chi connectivity index (χ2n) is 2.92. The van der Waals surface area contributed by atoms with E-state index in [0.717, 1.165) is 7.11 Å². The number of esters is 1. The molecule has 0 aliphatic carbocycles. The van der Waals surface area contributed by atoms with Crippen molar-refractivity contribution < 1.29 is 27.9 Å². The van der Waals surface area contributed by atoms with Crippen LogP contribution >= 0.6 is 0 Å². The predicted octanol–water partition coefficient (Wildman–Crippen LogP) is -1.20. The number of hydrogen-bond acceptors (Lipinski definition) is 5. The van der Waals surface area contributed by atoms with Crippen LogP contribution in [0.5, 0.6) is 0 Å². The van der Waals surface area contributed by atoms with Gasteiger partial charge >= 0.3 is 11.9 Å². The lowest BCUT2D eigenvalue weighted by Crippen LogP contribution is -2.35. The lowest BCUT2D eigenvalue weighted by Gasteiger charge is -2.08. The smallest absolute Gasteiger partial charge is 0.322 e. The van der Waals surface area contributed by atoms with Crippen LogP contribution in [0.2, 0.25) is 0 Å². The van der Waals surface area contributed by atoms with Gasteiger partial charge < -0.3 is 9.84 Å². The van der Waals surface area contributed by atoms with Gasteiger partial charge in [-0.2, -0.15) is 0 Å². The molecule has 0 aromatic carbocycles. The molecule has 2 N–H and O–H groups in total. The zero-order chi connectivity index (χ0) is 12.1. The number of carboxylic acids is 1. The van der Waals surface area contributed by atoms with Crippen molar-refractivity contribution in [3.63, 3.8) is 0 Å². The molecule has 0 heterocycles. The molecule has 8 heteroatoms. The number of ether oxygens (including phenoxy) is 1. The predicted molar refractivity (Wildman–Crippen MR) is 50.6 cm³/mol. The van der Waals surface area contributed by atoms with E-state index in [9.17, 15) is 18.0 Å². The van der Waals surface area contributed by atoms with Gasteiger partial charge in [-0.05, 0) is 0 Å². The summed E-state index contributed by atoms with van der Waals surface area (Å²) in [7, 11) is -2.74. The third-order valence-corrected chi connectivity index (χ3v) is 2.79. The highest BCUT2D eigenvalue weighted by molar-refractivity contribution is 7.90. The number of aliphatic carboxylic acids is 1. The Morgan fingerprint density at radius 1 is 1.47 bits per heavy atom. The fourth-order valence-electron chi connectivity index (χ4n) is 0.604. The molecule has 1 unspecified atom stereocenters. The van der Waals surface area contributed by atoms with Gasteiger partial charge in [0.25, 0.3) is 0 Å². The van der Waals surface area contributed by atoms with E-state index in [1.807, 2.05) is 4.72 Å². The number of carbonyl (C=O) groups is 2. The Bertz CT molecular complexity index is 335. The van der Waals surface area contributed by atoms with Crippen molar-refractivity contribution in [2.24, 2.45) is 5.92 Å². The minimum absolute atomic E-state index is 0.255. The van der Waals surface area contributed by atoms with Gasteiger partial charge in [-0.15, -0.1) is 0 Å². The van der Waals surface area contributed by atoms with Gasteiger partial charge in [0.2, 0.25) is 10.0 Å². The maximum atomic E-state index is 11.1. The van der Waals surface area contributed by atoms with Gasteiger partial charge in [-0.3, -0.25) is 9.59 Å². The first-order valence-corrected chi connectivity index (χ1v) is 5.70. The highest BCUT2D eigenvalue weighted by Crippen LogP contribution is 1.94. The summed E-state index contributed by atoms with van der Waals surface area (Å²) < 4.78 is 28.4. The molecule has 7 nitrogen and oxygen atoms in total. The summed E-state index contributed by atoms with van der Waals surface area (Å²) in [5, 5.41) is 8.48. The molecule has 0 aromatic rings. The summed E-state index contributed by atoms with van der Waals surface area (Å²) in [6, 6.07) is 0. The van der Waals surface area contributed by atoms with Gasteiger partial charge in [-0.1, -0.05) is 6.92 Å². The molecule has 0 fully saturated rings. The zero-order valence-electron chi connectivity index (χ0n) is 8.39. The van der Waals surface area contributed by atoms with Crippen molar-refractivity contribution in [2.45, 2.75) is 6.92 Å². The SMILES string of the molecule is COC(=O)CS(=O)(=O)NCC(C)C(=O)O. The summed E-state index contributed by atoms with van der Waals surface area (Å²) >= 11 is 0. The van der Waals surface area contributed by atoms with Crippen molar-refractivity contribution in [3.8, 4) is 0 Å². The monoisotopic (exact) mass is 239 g/mol. The van der Waals surface area contributed by atoms with E-state index in [1.165, 1.54) is 6.92 Å². The minimum atomic E-state index is -3.81. The number of sulfonamides is 1. The maximum Gasteiger partial charge on any atom is 0.322 e. The summed E-state index contributed by atoms with van der Waals surface area (Å²) in [6.07, 6.45) is 0. The van der Waals surface area contributed by atoms with Gasteiger partial charge in [-0.25, -0.2) is 13.1 Å². The summed E-state index contributed by atoms with van der Waals surface area (Å²) in [5.74, 6) is -3.67. The van der Waals surface area contributed by atoms with Crippen molar-refractivity contribution in [3.05, 3.63) is 0 Å². The van der Waals surface area contributed by atoms with Crippen LogP contribution in [-0.4, -0.2) is 44.9 Å². The minimum Gasteiger partial charge on any atom is -0.481 e. The van der Waals surface area contributed by atoms with E-state index >= 15 is 0 Å². The van der Waals surface area contributed by atoms with Crippen LogP contribution in [0.1, 0.15) is 6.92 Å². The van der Waals surface area contributed by atoms with Crippen molar-refractivity contribution in [2.75, 3.05) is 19.4 Å². The van der Waals surface area contributed by atoms with E-state index in [2.05, 4.69) is 4.74 Å². The molecule has 15 heavy (non-hydrogen) atoms. The van der Waals surface area contributed by atoms with E-state index in [1.54, 1.807) is 0 Å². The Morgan fingerprint density at radius 2 is 2.00 bits per heavy atom. The molecule has 1 atom stereocenters.